The molecule has 0 unspecified atom stereocenters. The fraction of sp³-hybridized carbons (Fsp3) is 0.381. The van der Waals surface area contributed by atoms with E-state index < -0.39 is 10.0 Å². The number of carbonyl (C=O) groups is 1. The van der Waals surface area contributed by atoms with Gasteiger partial charge < -0.3 is 4.90 Å². The summed E-state index contributed by atoms with van der Waals surface area (Å²) in [4.78, 5) is 14.8. The van der Waals surface area contributed by atoms with Gasteiger partial charge in [0.05, 0.1) is 4.90 Å². The molecule has 144 valence electrons. The zero-order valence-electron chi connectivity index (χ0n) is 16.1. The minimum absolute atomic E-state index is 0.0394. The van der Waals surface area contributed by atoms with Gasteiger partial charge in [-0.05, 0) is 61.2 Å². The molecule has 1 aliphatic rings. The lowest BCUT2D eigenvalue weighted by molar-refractivity contribution is 0.0698. The van der Waals surface area contributed by atoms with Crippen LogP contribution in [0.15, 0.2) is 47.4 Å². The third-order valence-electron chi connectivity index (χ3n) is 5.25. The van der Waals surface area contributed by atoms with Crippen LogP contribution in [0.3, 0.4) is 0 Å². The maximum atomic E-state index is 12.8. The van der Waals surface area contributed by atoms with E-state index in [2.05, 4.69) is 0 Å². The Morgan fingerprint density at radius 3 is 2.11 bits per heavy atom. The Balaban J connectivity index is 1.68. The van der Waals surface area contributed by atoms with Gasteiger partial charge in [0, 0.05) is 31.7 Å². The van der Waals surface area contributed by atoms with Gasteiger partial charge in [-0.25, -0.2) is 8.42 Å². The van der Waals surface area contributed by atoms with Crippen LogP contribution >= 0.6 is 0 Å². The van der Waals surface area contributed by atoms with Gasteiger partial charge in [0.2, 0.25) is 10.0 Å². The second-order valence-corrected chi connectivity index (χ2v) is 8.93. The highest BCUT2D eigenvalue weighted by atomic mass is 32.2. The molecule has 0 radical (unpaired) electrons. The van der Waals surface area contributed by atoms with Crippen LogP contribution in [0.4, 0.5) is 0 Å². The number of nitrogens with zero attached hydrogens (tertiary/aromatic N) is 2. The maximum Gasteiger partial charge on any atom is 0.253 e. The predicted molar refractivity (Wildman–Crippen MR) is 106 cm³/mol. The van der Waals surface area contributed by atoms with E-state index in [0.717, 1.165) is 23.1 Å². The molecular weight excluding hydrogens is 360 g/mol. The SMILES string of the molecule is CCc1ccc(S(=O)(=O)N2CCN(C(=O)c3ccc(C)c(C)c3)CC2)cc1. The first-order valence-electron chi connectivity index (χ1n) is 9.28. The highest BCUT2D eigenvalue weighted by Crippen LogP contribution is 2.20. The Kier molecular flexibility index (Phi) is 5.67. The molecule has 0 N–H and O–H groups in total. The van der Waals surface area contributed by atoms with Gasteiger partial charge >= 0.3 is 0 Å². The van der Waals surface area contributed by atoms with Crippen molar-refractivity contribution < 1.29 is 13.2 Å². The standard InChI is InChI=1S/C21H26N2O3S/c1-4-18-6-9-20(10-7-18)27(25,26)23-13-11-22(12-14-23)21(24)19-8-5-16(2)17(3)15-19/h5-10,15H,4,11-14H2,1-3H3. The summed E-state index contributed by atoms with van der Waals surface area (Å²) in [6.45, 7) is 7.47. The van der Waals surface area contributed by atoms with Gasteiger partial charge in [-0.3, -0.25) is 4.79 Å². The summed E-state index contributed by atoms with van der Waals surface area (Å²) in [5.74, 6) is -0.0394. The first kappa shape index (κ1) is 19.6. The van der Waals surface area contributed by atoms with Crippen LogP contribution in [-0.4, -0.2) is 49.7 Å². The minimum Gasteiger partial charge on any atom is -0.336 e. The molecule has 1 aliphatic heterocycles. The van der Waals surface area contributed by atoms with Crippen molar-refractivity contribution in [3.8, 4) is 0 Å². The lowest BCUT2D eigenvalue weighted by Gasteiger charge is -2.34. The van der Waals surface area contributed by atoms with E-state index in [0.29, 0.717) is 36.6 Å². The molecule has 0 aromatic heterocycles. The van der Waals surface area contributed by atoms with Crippen molar-refractivity contribution in [3.63, 3.8) is 0 Å². The normalized spacial score (nSPS) is 15.7. The van der Waals surface area contributed by atoms with Gasteiger partial charge in [-0.15, -0.1) is 0 Å². The zero-order valence-corrected chi connectivity index (χ0v) is 16.9. The van der Waals surface area contributed by atoms with Crippen molar-refractivity contribution in [3.05, 3.63) is 64.7 Å². The molecule has 2 aromatic rings. The fourth-order valence-electron chi connectivity index (χ4n) is 3.23. The summed E-state index contributed by atoms with van der Waals surface area (Å²) >= 11 is 0. The van der Waals surface area contributed by atoms with Crippen molar-refractivity contribution in [2.75, 3.05) is 26.2 Å². The van der Waals surface area contributed by atoms with E-state index >= 15 is 0 Å². The van der Waals surface area contributed by atoms with Crippen molar-refractivity contribution >= 4 is 15.9 Å². The van der Waals surface area contributed by atoms with Crippen LogP contribution in [0.1, 0.15) is 34.0 Å². The first-order valence-corrected chi connectivity index (χ1v) is 10.7. The van der Waals surface area contributed by atoms with Gasteiger partial charge in [-0.2, -0.15) is 4.31 Å². The van der Waals surface area contributed by atoms with Crippen LogP contribution < -0.4 is 0 Å². The molecule has 0 spiro atoms. The zero-order chi connectivity index (χ0) is 19.6. The number of piperazine rings is 1. The lowest BCUT2D eigenvalue weighted by atomic mass is 10.1. The largest absolute Gasteiger partial charge is 0.336 e. The average molecular weight is 387 g/mol. The molecule has 0 atom stereocenters. The van der Waals surface area contributed by atoms with E-state index in [1.54, 1.807) is 17.0 Å². The second kappa shape index (κ2) is 7.82. The Bertz CT molecular complexity index is 928. The molecule has 1 fully saturated rings. The van der Waals surface area contributed by atoms with Crippen LogP contribution in [-0.2, 0) is 16.4 Å². The van der Waals surface area contributed by atoms with Crippen molar-refractivity contribution in [1.82, 2.24) is 9.21 Å². The number of rotatable bonds is 4. The lowest BCUT2D eigenvalue weighted by Crippen LogP contribution is -2.50. The Labute approximate surface area is 161 Å². The van der Waals surface area contributed by atoms with Crippen molar-refractivity contribution in [1.29, 1.82) is 0 Å². The van der Waals surface area contributed by atoms with E-state index in [9.17, 15) is 13.2 Å². The monoisotopic (exact) mass is 386 g/mol. The topological polar surface area (TPSA) is 57.7 Å². The number of aryl methyl sites for hydroxylation is 3. The number of hydrogen-bond donors (Lipinski definition) is 0. The third kappa shape index (κ3) is 4.06. The van der Waals surface area contributed by atoms with E-state index in [4.69, 9.17) is 0 Å². The molecule has 6 heteroatoms. The van der Waals surface area contributed by atoms with Gasteiger partial charge in [0.1, 0.15) is 0 Å². The van der Waals surface area contributed by atoms with Crippen LogP contribution in [0, 0.1) is 13.8 Å². The van der Waals surface area contributed by atoms with Crippen molar-refractivity contribution in [2.45, 2.75) is 32.1 Å². The molecule has 1 heterocycles. The number of sulfonamides is 1. The van der Waals surface area contributed by atoms with E-state index in [1.807, 2.05) is 51.1 Å². The number of hydrogen-bond acceptors (Lipinski definition) is 3. The maximum absolute atomic E-state index is 12.8. The third-order valence-corrected chi connectivity index (χ3v) is 7.16. The van der Waals surface area contributed by atoms with Gasteiger partial charge in [0.15, 0.2) is 0 Å². The molecular formula is C21H26N2O3S. The summed E-state index contributed by atoms with van der Waals surface area (Å²) in [6.07, 6.45) is 0.875. The summed E-state index contributed by atoms with van der Waals surface area (Å²) in [6, 6.07) is 12.7. The fourth-order valence-corrected chi connectivity index (χ4v) is 4.66. The Morgan fingerprint density at radius 1 is 0.926 bits per heavy atom. The summed E-state index contributed by atoms with van der Waals surface area (Å²) in [7, 11) is -3.52. The highest BCUT2D eigenvalue weighted by Gasteiger charge is 2.30. The molecule has 2 aromatic carbocycles. The van der Waals surface area contributed by atoms with Gasteiger partial charge in [-0.1, -0.05) is 25.1 Å². The highest BCUT2D eigenvalue weighted by molar-refractivity contribution is 7.89. The summed E-state index contributed by atoms with van der Waals surface area (Å²) in [5.41, 5.74) is 4.00. The smallest absolute Gasteiger partial charge is 0.253 e. The van der Waals surface area contributed by atoms with E-state index in [-0.39, 0.29) is 5.91 Å². The van der Waals surface area contributed by atoms with E-state index in [1.165, 1.54) is 4.31 Å². The first-order chi connectivity index (χ1) is 12.8. The molecule has 1 saturated heterocycles. The van der Waals surface area contributed by atoms with Crippen LogP contribution in [0.5, 0.6) is 0 Å². The number of benzene rings is 2. The minimum atomic E-state index is -3.52. The number of amides is 1. The van der Waals surface area contributed by atoms with Crippen LogP contribution in [0.25, 0.3) is 0 Å². The Hall–Kier alpha value is -2.18. The second-order valence-electron chi connectivity index (χ2n) is 6.99. The predicted octanol–water partition coefficient (Wildman–Crippen LogP) is 3.01. The molecule has 5 nitrogen and oxygen atoms in total. The average Bonchev–Trinajstić information content (AvgIpc) is 2.69. The molecule has 1 amide bonds. The number of carbonyl (C=O) groups excluding carboxylic acids is 1. The molecule has 3 rings (SSSR count). The van der Waals surface area contributed by atoms with Gasteiger partial charge in [0.25, 0.3) is 5.91 Å². The summed E-state index contributed by atoms with van der Waals surface area (Å²) < 4.78 is 27.1. The Morgan fingerprint density at radius 2 is 1.56 bits per heavy atom. The molecule has 0 bridgehead atoms. The molecule has 0 saturated carbocycles. The quantitative estimate of drug-likeness (QED) is 0.812. The molecule has 0 aliphatic carbocycles. The summed E-state index contributed by atoms with van der Waals surface area (Å²) in [5, 5.41) is 0. The van der Waals surface area contributed by atoms with Crippen LogP contribution in [0.2, 0.25) is 0 Å². The van der Waals surface area contributed by atoms with Crippen molar-refractivity contribution in [2.24, 2.45) is 0 Å². The molecule has 27 heavy (non-hydrogen) atoms.